The van der Waals surface area contributed by atoms with E-state index >= 15 is 0 Å². The van der Waals surface area contributed by atoms with Crippen molar-refractivity contribution in [1.82, 2.24) is 10.2 Å². The van der Waals surface area contributed by atoms with Crippen molar-refractivity contribution in [3.63, 3.8) is 0 Å². The van der Waals surface area contributed by atoms with Crippen LogP contribution in [0.5, 0.6) is 0 Å². The Labute approximate surface area is 101 Å². The van der Waals surface area contributed by atoms with Crippen LogP contribution in [-0.4, -0.2) is 37.1 Å². The average molecular weight is 224 g/mol. The highest BCUT2D eigenvalue weighted by Gasteiger charge is 2.35. The average Bonchev–Trinajstić information content (AvgIpc) is 2.18. The minimum Gasteiger partial charge on any atom is -0.317 e. The van der Waals surface area contributed by atoms with Crippen LogP contribution in [-0.2, 0) is 0 Å². The Balaban J connectivity index is 1.96. The lowest BCUT2D eigenvalue weighted by molar-refractivity contribution is 0.0446. The maximum Gasteiger partial charge on any atom is 0.0146 e. The van der Waals surface area contributed by atoms with E-state index in [4.69, 9.17) is 0 Å². The molecule has 1 aliphatic heterocycles. The quantitative estimate of drug-likeness (QED) is 0.736. The molecule has 2 aliphatic rings. The summed E-state index contributed by atoms with van der Waals surface area (Å²) in [6.07, 6.45) is 8.40. The van der Waals surface area contributed by atoms with E-state index < -0.39 is 0 Å². The lowest BCUT2D eigenvalue weighted by Gasteiger charge is -2.46. The minimum atomic E-state index is 0.547. The van der Waals surface area contributed by atoms with Crippen molar-refractivity contribution in [2.24, 2.45) is 5.41 Å². The molecular weight excluding hydrogens is 196 g/mol. The summed E-state index contributed by atoms with van der Waals surface area (Å²) >= 11 is 0. The summed E-state index contributed by atoms with van der Waals surface area (Å²) < 4.78 is 0. The summed E-state index contributed by atoms with van der Waals surface area (Å²) in [5.41, 5.74) is 0.547. The van der Waals surface area contributed by atoms with Gasteiger partial charge in [-0.2, -0.15) is 0 Å². The van der Waals surface area contributed by atoms with E-state index in [1.165, 1.54) is 64.7 Å². The van der Waals surface area contributed by atoms with Crippen LogP contribution in [0.15, 0.2) is 0 Å². The predicted molar refractivity (Wildman–Crippen MR) is 69.7 cm³/mol. The molecule has 1 saturated carbocycles. The number of nitrogens with one attached hydrogen (secondary N) is 1. The molecule has 16 heavy (non-hydrogen) atoms. The molecule has 0 bridgehead atoms. The van der Waals surface area contributed by atoms with Gasteiger partial charge in [-0.1, -0.05) is 26.7 Å². The van der Waals surface area contributed by atoms with Gasteiger partial charge in [0.25, 0.3) is 0 Å². The fourth-order valence-corrected chi connectivity index (χ4v) is 3.52. The van der Waals surface area contributed by atoms with Gasteiger partial charge in [-0.05, 0) is 57.3 Å². The summed E-state index contributed by atoms with van der Waals surface area (Å²) in [7, 11) is 0. The van der Waals surface area contributed by atoms with E-state index in [-0.39, 0.29) is 0 Å². The molecule has 0 amide bonds. The van der Waals surface area contributed by atoms with Crippen LogP contribution in [0, 0.1) is 5.41 Å². The Morgan fingerprint density at radius 2 is 1.69 bits per heavy atom. The van der Waals surface area contributed by atoms with Crippen LogP contribution in [0.3, 0.4) is 0 Å². The Bertz CT molecular complexity index is 205. The van der Waals surface area contributed by atoms with Gasteiger partial charge in [0, 0.05) is 6.04 Å². The summed E-state index contributed by atoms with van der Waals surface area (Å²) in [5.74, 6) is 0. The van der Waals surface area contributed by atoms with Gasteiger partial charge in [-0.15, -0.1) is 0 Å². The molecule has 0 aromatic rings. The second kappa shape index (κ2) is 5.50. The van der Waals surface area contributed by atoms with Crippen molar-refractivity contribution in [3.8, 4) is 0 Å². The zero-order chi connectivity index (χ0) is 11.4. The third-order valence-electron chi connectivity index (χ3n) is 4.49. The van der Waals surface area contributed by atoms with Crippen LogP contribution in [0.4, 0.5) is 0 Å². The number of hydrogen-bond donors (Lipinski definition) is 1. The first-order valence-electron chi connectivity index (χ1n) is 7.15. The molecule has 2 heteroatoms. The summed E-state index contributed by atoms with van der Waals surface area (Å²) in [5, 5.41) is 3.50. The van der Waals surface area contributed by atoms with Crippen LogP contribution in [0.1, 0.15) is 52.4 Å². The van der Waals surface area contributed by atoms with Gasteiger partial charge >= 0.3 is 0 Å². The zero-order valence-corrected chi connectivity index (χ0v) is 11.1. The van der Waals surface area contributed by atoms with Crippen LogP contribution in [0.2, 0.25) is 0 Å². The molecule has 0 spiro atoms. The minimum absolute atomic E-state index is 0.547. The lowest BCUT2D eigenvalue weighted by Crippen LogP contribution is -2.49. The Hall–Kier alpha value is -0.0800. The van der Waals surface area contributed by atoms with Crippen molar-refractivity contribution >= 4 is 0 Å². The lowest BCUT2D eigenvalue weighted by atomic mass is 9.72. The topological polar surface area (TPSA) is 15.3 Å². The van der Waals surface area contributed by atoms with Gasteiger partial charge in [-0.3, -0.25) is 4.90 Å². The summed E-state index contributed by atoms with van der Waals surface area (Å²) in [6, 6.07) is 0.847. The van der Waals surface area contributed by atoms with Crippen LogP contribution in [0.25, 0.3) is 0 Å². The normalized spacial score (nSPS) is 33.0. The Morgan fingerprint density at radius 1 is 1.00 bits per heavy atom. The van der Waals surface area contributed by atoms with Gasteiger partial charge in [-0.25, -0.2) is 0 Å². The van der Waals surface area contributed by atoms with Crippen molar-refractivity contribution in [1.29, 1.82) is 0 Å². The van der Waals surface area contributed by atoms with Gasteiger partial charge in [0.15, 0.2) is 0 Å². The molecule has 1 heterocycles. The van der Waals surface area contributed by atoms with Gasteiger partial charge < -0.3 is 5.32 Å². The molecule has 0 radical (unpaired) electrons. The van der Waals surface area contributed by atoms with E-state index in [1.807, 2.05) is 0 Å². The second-order valence-electron chi connectivity index (χ2n) is 6.24. The van der Waals surface area contributed by atoms with Crippen molar-refractivity contribution in [2.45, 2.75) is 58.4 Å². The van der Waals surface area contributed by atoms with E-state index in [1.54, 1.807) is 0 Å². The highest BCUT2D eigenvalue weighted by atomic mass is 15.2. The first-order chi connectivity index (χ1) is 7.70. The highest BCUT2D eigenvalue weighted by Crippen LogP contribution is 2.38. The first-order valence-corrected chi connectivity index (χ1v) is 7.15. The fourth-order valence-electron chi connectivity index (χ4n) is 3.52. The third kappa shape index (κ3) is 2.98. The van der Waals surface area contributed by atoms with Gasteiger partial charge in [0.05, 0.1) is 0 Å². The molecular formula is C14H28N2. The number of nitrogens with zero attached hydrogens (tertiary/aromatic N) is 1. The monoisotopic (exact) mass is 224 g/mol. The second-order valence-corrected chi connectivity index (χ2v) is 6.24. The largest absolute Gasteiger partial charge is 0.317 e. The molecule has 0 aromatic carbocycles. The zero-order valence-electron chi connectivity index (χ0n) is 11.1. The van der Waals surface area contributed by atoms with Gasteiger partial charge in [0.1, 0.15) is 0 Å². The summed E-state index contributed by atoms with van der Waals surface area (Å²) in [4.78, 5) is 2.79. The standard InChI is InChI=1S/C14H28N2/c1-14(2)8-4-3-7-13(14)16-11-5-9-15-10-6-12-16/h13,15H,3-12H2,1-2H3. The highest BCUT2D eigenvalue weighted by molar-refractivity contribution is 4.90. The van der Waals surface area contributed by atoms with Crippen LogP contribution >= 0.6 is 0 Å². The van der Waals surface area contributed by atoms with Crippen molar-refractivity contribution in [3.05, 3.63) is 0 Å². The van der Waals surface area contributed by atoms with Crippen LogP contribution < -0.4 is 5.32 Å². The SMILES string of the molecule is CC1(C)CCCCC1N1CCCNCCC1. The Morgan fingerprint density at radius 3 is 2.31 bits per heavy atom. The molecule has 94 valence electrons. The van der Waals surface area contributed by atoms with E-state index in [0.717, 1.165) is 6.04 Å². The maximum absolute atomic E-state index is 3.50. The maximum atomic E-state index is 3.50. The number of hydrogen-bond acceptors (Lipinski definition) is 2. The molecule has 1 aliphatic carbocycles. The first kappa shape index (κ1) is 12.4. The third-order valence-corrected chi connectivity index (χ3v) is 4.49. The molecule has 1 atom stereocenters. The van der Waals surface area contributed by atoms with Gasteiger partial charge in [0.2, 0.25) is 0 Å². The molecule has 1 saturated heterocycles. The smallest absolute Gasteiger partial charge is 0.0146 e. The Kier molecular flexibility index (Phi) is 4.26. The molecule has 2 fully saturated rings. The van der Waals surface area contributed by atoms with Crippen molar-refractivity contribution < 1.29 is 0 Å². The predicted octanol–water partition coefficient (Wildman–Crippen LogP) is 2.64. The molecule has 0 aromatic heterocycles. The summed E-state index contributed by atoms with van der Waals surface area (Å²) in [6.45, 7) is 10.00. The fraction of sp³-hybridized carbons (Fsp3) is 1.00. The molecule has 1 N–H and O–H groups in total. The van der Waals surface area contributed by atoms with E-state index in [2.05, 4.69) is 24.1 Å². The molecule has 2 rings (SSSR count). The van der Waals surface area contributed by atoms with E-state index in [0.29, 0.717) is 5.41 Å². The van der Waals surface area contributed by atoms with E-state index in [9.17, 15) is 0 Å². The van der Waals surface area contributed by atoms with Crippen molar-refractivity contribution in [2.75, 3.05) is 26.2 Å². The molecule has 1 unspecified atom stereocenters. The molecule has 2 nitrogen and oxygen atoms in total. The number of rotatable bonds is 1.